The van der Waals surface area contributed by atoms with Crippen LogP contribution in [0.2, 0.25) is 0 Å². The van der Waals surface area contributed by atoms with E-state index >= 15 is 0 Å². The SMILES string of the molecule is Ic1cc2c(s1)CCCC2NCCc1ccccc1. The molecule has 2 aromatic rings. The minimum absolute atomic E-state index is 0.576. The molecule has 1 unspecified atom stereocenters. The van der Waals surface area contributed by atoms with E-state index in [2.05, 4.69) is 64.3 Å². The summed E-state index contributed by atoms with van der Waals surface area (Å²) in [4.78, 5) is 1.60. The molecule has 0 amide bonds. The van der Waals surface area contributed by atoms with Crippen molar-refractivity contribution in [3.63, 3.8) is 0 Å². The Balaban J connectivity index is 1.59. The van der Waals surface area contributed by atoms with Crippen molar-refractivity contribution in [3.8, 4) is 0 Å². The number of fused-ring (bicyclic) bond motifs is 1. The molecule has 0 fully saturated rings. The minimum Gasteiger partial charge on any atom is -0.310 e. The van der Waals surface area contributed by atoms with Gasteiger partial charge < -0.3 is 5.32 Å². The summed E-state index contributed by atoms with van der Waals surface area (Å²) in [5.41, 5.74) is 2.99. The van der Waals surface area contributed by atoms with Gasteiger partial charge >= 0.3 is 0 Å². The molecule has 3 heteroatoms. The van der Waals surface area contributed by atoms with Crippen LogP contribution in [0.3, 0.4) is 0 Å². The molecular formula is C16H18INS. The van der Waals surface area contributed by atoms with Gasteiger partial charge in [0.2, 0.25) is 0 Å². The van der Waals surface area contributed by atoms with E-state index in [0.29, 0.717) is 6.04 Å². The lowest BCUT2D eigenvalue weighted by atomic mass is 9.94. The summed E-state index contributed by atoms with van der Waals surface area (Å²) in [5.74, 6) is 0. The van der Waals surface area contributed by atoms with Crippen LogP contribution < -0.4 is 5.32 Å². The van der Waals surface area contributed by atoms with Gasteiger partial charge in [-0.2, -0.15) is 0 Å². The van der Waals surface area contributed by atoms with E-state index in [-0.39, 0.29) is 0 Å². The molecule has 19 heavy (non-hydrogen) atoms. The summed E-state index contributed by atoms with van der Waals surface area (Å²) < 4.78 is 1.43. The van der Waals surface area contributed by atoms with Crippen molar-refractivity contribution >= 4 is 33.9 Å². The molecule has 3 rings (SSSR count). The molecule has 1 aromatic carbocycles. The van der Waals surface area contributed by atoms with Crippen molar-refractivity contribution in [2.24, 2.45) is 0 Å². The lowest BCUT2D eigenvalue weighted by Crippen LogP contribution is -2.26. The number of rotatable bonds is 4. The smallest absolute Gasteiger partial charge is 0.0659 e. The molecule has 0 radical (unpaired) electrons. The highest BCUT2D eigenvalue weighted by Gasteiger charge is 2.21. The van der Waals surface area contributed by atoms with Crippen LogP contribution in [0.1, 0.15) is 34.9 Å². The quantitative estimate of drug-likeness (QED) is 0.764. The van der Waals surface area contributed by atoms with Gasteiger partial charge in [-0.25, -0.2) is 0 Å². The van der Waals surface area contributed by atoms with Crippen molar-refractivity contribution in [1.29, 1.82) is 0 Å². The highest BCUT2D eigenvalue weighted by atomic mass is 127. The van der Waals surface area contributed by atoms with Crippen LogP contribution in [0, 0.1) is 2.88 Å². The summed E-state index contributed by atoms with van der Waals surface area (Å²) >= 11 is 4.42. The Morgan fingerprint density at radius 2 is 2.11 bits per heavy atom. The van der Waals surface area contributed by atoms with E-state index in [1.807, 2.05) is 11.3 Å². The minimum atomic E-state index is 0.576. The lowest BCUT2D eigenvalue weighted by molar-refractivity contribution is 0.467. The molecular weight excluding hydrogens is 365 g/mol. The van der Waals surface area contributed by atoms with E-state index in [1.54, 1.807) is 10.4 Å². The Morgan fingerprint density at radius 3 is 2.95 bits per heavy atom. The summed E-state index contributed by atoms with van der Waals surface area (Å²) in [6, 6.07) is 13.7. The van der Waals surface area contributed by atoms with Crippen molar-refractivity contribution in [3.05, 3.63) is 55.3 Å². The third-order valence-electron chi connectivity index (χ3n) is 3.73. The number of nitrogens with one attached hydrogen (secondary N) is 1. The van der Waals surface area contributed by atoms with Crippen molar-refractivity contribution in [2.45, 2.75) is 31.7 Å². The highest BCUT2D eigenvalue weighted by Crippen LogP contribution is 2.36. The van der Waals surface area contributed by atoms with Gasteiger partial charge in [0.15, 0.2) is 0 Å². The number of halogens is 1. The first-order valence-corrected chi connectivity index (χ1v) is 8.78. The molecule has 1 aromatic heterocycles. The van der Waals surface area contributed by atoms with Crippen LogP contribution >= 0.6 is 33.9 Å². The fourth-order valence-corrected chi connectivity index (χ4v) is 4.89. The van der Waals surface area contributed by atoms with E-state index < -0.39 is 0 Å². The van der Waals surface area contributed by atoms with Gasteiger partial charge in [0, 0.05) is 10.9 Å². The van der Waals surface area contributed by atoms with Gasteiger partial charge in [0.1, 0.15) is 0 Å². The van der Waals surface area contributed by atoms with Gasteiger partial charge in [0.05, 0.1) is 2.88 Å². The monoisotopic (exact) mass is 383 g/mol. The zero-order valence-corrected chi connectivity index (χ0v) is 13.8. The molecule has 0 aliphatic heterocycles. The molecule has 0 saturated carbocycles. The molecule has 1 heterocycles. The van der Waals surface area contributed by atoms with E-state index in [1.165, 1.54) is 27.7 Å². The molecule has 1 N–H and O–H groups in total. The average molecular weight is 383 g/mol. The van der Waals surface area contributed by atoms with E-state index in [0.717, 1.165) is 13.0 Å². The summed E-state index contributed by atoms with van der Waals surface area (Å²) in [7, 11) is 0. The Morgan fingerprint density at radius 1 is 1.26 bits per heavy atom. The maximum Gasteiger partial charge on any atom is 0.0659 e. The first-order chi connectivity index (χ1) is 9.33. The van der Waals surface area contributed by atoms with Crippen LogP contribution in [0.4, 0.5) is 0 Å². The number of benzene rings is 1. The molecule has 0 saturated heterocycles. The molecule has 1 aliphatic carbocycles. The first-order valence-electron chi connectivity index (χ1n) is 6.88. The van der Waals surface area contributed by atoms with E-state index in [4.69, 9.17) is 0 Å². The topological polar surface area (TPSA) is 12.0 Å². The van der Waals surface area contributed by atoms with Crippen molar-refractivity contribution in [1.82, 2.24) is 5.32 Å². The third-order valence-corrected chi connectivity index (χ3v) is 5.70. The van der Waals surface area contributed by atoms with Crippen LogP contribution in [0.25, 0.3) is 0 Å². The maximum absolute atomic E-state index is 3.74. The second-order valence-electron chi connectivity index (χ2n) is 5.06. The molecule has 0 spiro atoms. The normalized spacial score (nSPS) is 18.3. The van der Waals surface area contributed by atoms with Gasteiger partial charge in [-0.15, -0.1) is 11.3 Å². The zero-order valence-electron chi connectivity index (χ0n) is 10.9. The number of hydrogen-bond acceptors (Lipinski definition) is 2. The molecule has 1 atom stereocenters. The van der Waals surface area contributed by atoms with Crippen LogP contribution in [0.5, 0.6) is 0 Å². The summed E-state index contributed by atoms with van der Waals surface area (Å²) in [6.45, 7) is 1.07. The fraction of sp³-hybridized carbons (Fsp3) is 0.375. The van der Waals surface area contributed by atoms with Gasteiger partial charge in [-0.3, -0.25) is 0 Å². The largest absolute Gasteiger partial charge is 0.310 e. The van der Waals surface area contributed by atoms with Gasteiger partial charge in [-0.05, 0) is 72.0 Å². The number of hydrogen-bond donors (Lipinski definition) is 1. The Kier molecular flexibility index (Phi) is 4.56. The summed E-state index contributed by atoms with van der Waals surface area (Å²) in [6.07, 6.45) is 5.01. The highest BCUT2D eigenvalue weighted by molar-refractivity contribution is 14.1. The molecule has 1 nitrogen and oxygen atoms in total. The summed E-state index contributed by atoms with van der Waals surface area (Å²) in [5, 5.41) is 3.74. The van der Waals surface area contributed by atoms with Gasteiger partial charge in [0.25, 0.3) is 0 Å². The Bertz CT molecular complexity index is 535. The van der Waals surface area contributed by atoms with Gasteiger partial charge in [-0.1, -0.05) is 30.3 Å². The second kappa shape index (κ2) is 6.37. The van der Waals surface area contributed by atoms with Crippen molar-refractivity contribution in [2.75, 3.05) is 6.54 Å². The van der Waals surface area contributed by atoms with E-state index in [9.17, 15) is 0 Å². The lowest BCUT2D eigenvalue weighted by Gasteiger charge is -2.23. The third kappa shape index (κ3) is 3.38. The predicted molar refractivity (Wildman–Crippen MR) is 90.9 cm³/mol. The van der Waals surface area contributed by atoms with Crippen LogP contribution in [-0.4, -0.2) is 6.54 Å². The number of thiophene rings is 1. The Labute approximate surface area is 132 Å². The maximum atomic E-state index is 3.74. The molecule has 1 aliphatic rings. The Hall–Kier alpha value is -0.390. The molecule has 100 valence electrons. The first kappa shape index (κ1) is 13.6. The predicted octanol–water partition coefficient (Wildman–Crippen LogP) is 4.56. The van der Waals surface area contributed by atoms with Crippen LogP contribution in [-0.2, 0) is 12.8 Å². The number of aryl methyl sites for hydroxylation is 1. The fourth-order valence-electron chi connectivity index (χ4n) is 2.77. The second-order valence-corrected chi connectivity index (χ2v) is 8.09. The van der Waals surface area contributed by atoms with Crippen LogP contribution in [0.15, 0.2) is 36.4 Å². The average Bonchev–Trinajstić information content (AvgIpc) is 2.81. The standard InChI is InChI=1S/C16H18INS/c17-16-11-13-14(7-4-8-15(13)19-16)18-10-9-12-5-2-1-3-6-12/h1-3,5-6,11,14,18H,4,7-10H2. The van der Waals surface area contributed by atoms with Crippen molar-refractivity contribution < 1.29 is 0 Å². The molecule has 0 bridgehead atoms. The zero-order chi connectivity index (χ0) is 13.1.